The number of likely N-dealkylation sites (tertiary alicyclic amines) is 1. The van der Waals surface area contributed by atoms with Crippen molar-refractivity contribution in [1.29, 1.82) is 0 Å². The second kappa shape index (κ2) is 8.72. The molecule has 2 saturated heterocycles. The normalized spacial score (nSPS) is 32.1. The number of carbonyl (C=O) groups is 1. The predicted octanol–water partition coefficient (Wildman–Crippen LogP) is 2.30. The van der Waals surface area contributed by atoms with Crippen molar-refractivity contribution in [3.05, 3.63) is 0 Å². The van der Waals surface area contributed by atoms with E-state index in [4.69, 9.17) is 0 Å². The van der Waals surface area contributed by atoms with Crippen LogP contribution in [0.3, 0.4) is 0 Å². The molecule has 1 N–H and O–H groups in total. The zero-order chi connectivity index (χ0) is 14.1. The Morgan fingerprint density at radius 3 is 2.27 bits per heavy atom. The lowest BCUT2D eigenvalue weighted by Gasteiger charge is -2.36. The summed E-state index contributed by atoms with van der Waals surface area (Å²) in [6, 6.07) is 1.38. The van der Waals surface area contributed by atoms with Crippen LogP contribution in [0.25, 0.3) is 0 Å². The molecule has 0 bridgehead atoms. The SMILES string of the molecule is CN(C)C1CCN(C(=O)C2CC3CCCCC3N2)CC1.Cl.Cl. The van der Waals surface area contributed by atoms with Gasteiger partial charge in [-0.1, -0.05) is 12.8 Å². The molecule has 3 atom stereocenters. The summed E-state index contributed by atoms with van der Waals surface area (Å²) in [6.45, 7) is 1.88. The molecule has 3 fully saturated rings. The van der Waals surface area contributed by atoms with E-state index in [2.05, 4.69) is 29.2 Å². The number of piperidine rings is 1. The fourth-order valence-corrected chi connectivity index (χ4v) is 4.33. The van der Waals surface area contributed by atoms with Crippen LogP contribution in [-0.4, -0.2) is 61.0 Å². The number of halogens is 2. The molecule has 22 heavy (non-hydrogen) atoms. The zero-order valence-corrected chi connectivity index (χ0v) is 15.4. The Kier molecular flexibility index (Phi) is 7.93. The Morgan fingerprint density at radius 2 is 1.68 bits per heavy atom. The van der Waals surface area contributed by atoms with Gasteiger partial charge in [0.2, 0.25) is 5.91 Å². The van der Waals surface area contributed by atoms with E-state index in [0.717, 1.165) is 38.3 Å². The van der Waals surface area contributed by atoms with Gasteiger partial charge in [-0.25, -0.2) is 0 Å². The summed E-state index contributed by atoms with van der Waals surface area (Å²) >= 11 is 0. The minimum Gasteiger partial charge on any atom is -0.341 e. The molecule has 2 heterocycles. The molecule has 0 aromatic carbocycles. The monoisotopic (exact) mass is 351 g/mol. The van der Waals surface area contributed by atoms with Gasteiger partial charge in [-0.3, -0.25) is 4.79 Å². The summed E-state index contributed by atoms with van der Waals surface area (Å²) in [5.74, 6) is 1.13. The van der Waals surface area contributed by atoms with Crippen LogP contribution in [0.1, 0.15) is 44.9 Å². The number of fused-ring (bicyclic) bond motifs is 1. The summed E-state index contributed by atoms with van der Waals surface area (Å²) in [5.41, 5.74) is 0. The highest BCUT2D eigenvalue weighted by Gasteiger charge is 2.40. The van der Waals surface area contributed by atoms with Crippen molar-refractivity contribution < 1.29 is 4.79 Å². The molecule has 0 spiro atoms. The van der Waals surface area contributed by atoms with Crippen molar-refractivity contribution in [3.63, 3.8) is 0 Å². The first-order valence-electron chi connectivity index (χ1n) is 8.36. The van der Waals surface area contributed by atoms with Gasteiger partial charge in [0, 0.05) is 25.2 Å². The summed E-state index contributed by atoms with van der Waals surface area (Å²) in [5, 5.41) is 3.62. The lowest BCUT2D eigenvalue weighted by molar-refractivity contribution is -0.134. The second-order valence-electron chi connectivity index (χ2n) is 7.13. The molecule has 1 amide bonds. The first kappa shape index (κ1) is 20.0. The number of nitrogens with one attached hydrogen (secondary N) is 1. The van der Waals surface area contributed by atoms with Crippen LogP contribution in [0.4, 0.5) is 0 Å². The Balaban J connectivity index is 0.00000121. The third-order valence-corrected chi connectivity index (χ3v) is 5.67. The summed E-state index contributed by atoms with van der Waals surface area (Å²) in [6.07, 6.45) is 8.62. The van der Waals surface area contributed by atoms with Crippen LogP contribution in [0, 0.1) is 5.92 Å². The van der Waals surface area contributed by atoms with Crippen LogP contribution in [0.2, 0.25) is 0 Å². The summed E-state index contributed by atoms with van der Waals surface area (Å²) in [4.78, 5) is 17.1. The van der Waals surface area contributed by atoms with Crippen LogP contribution < -0.4 is 5.32 Å². The Labute approximate surface area is 147 Å². The highest BCUT2D eigenvalue weighted by molar-refractivity contribution is 5.85. The van der Waals surface area contributed by atoms with Gasteiger partial charge in [0.1, 0.15) is 0 Å². The highest BCUT2D eigenvalue weighted by Crippen LogP contribution is 2.34. The summed E-state index contributed by atoms with van der Waals surface area (Å²) < 4.78 is 0. The molecule has 0 radical (unpaired) electrons. The second-order valence-corrected chi connectivity index (χ2v) is 7.13. The molecule has 1 saturated carbocycles. The van der Waals surface area contributed by atoms with E-state index in [1.54, 1.807) is 0 Å². The maximum Gasteiger partial charge on any atom is 0.239 e. The minimum absolute atomic E-state index is 0. The van der Waals surface area contributed by atoms with Gasteiger partial charge < -0.3 is 15.1 Å². The molecule has 2 aliphatic heterocycles. The average molecular weight is 352 g/mol. The lowest BCUT2D eigenvalue weighted by atomic mass is 9.85. The Morgan fingerprint density at radius 1 is 1.05 bits per heavy atom. The van der Waals surface area contributed by atoms with E-state index >= 15 is 0 Å². The van der Waals surface area contributed by atoms with Crippen LogP contribution in [0.15, 0.2) is 0 Å². The molecule has 3 rings (SSSR count). The van der Waals surface area contributed by atoms with Gasteiger partial charge in [0.15, 0.2) is 0 Å². The number of rotatable bonds is 2. The Bertz CT molecular complexity index is 345. The van der Waals surface area contributed by atoms with Gasteiger partial charge in [-0.2, -0.15) is 0 Å². The number of hydrogen-bond acceptors (Lipinski definition) is 3. The van der Waals surface area contributed by atoms with E-state index in [0.29, 0.717) is 18.0 Å². The smallest absolute Gasteiger partial charge is 0.239 e. The fraction of sp³-hybridized carbons (Fsp3) is 0.938. The van der Waals surface area contributed by atoms with Crippen LogP contribution in [0.5, 0.6) is 0 Å². The lowest BCUT2D eigenvalue weighted by Crippen LogP contribution is -2.50. The van der Waals surface area contributed by atoms with Crippen molar-refractivity contribution in [2.45, 2.75) is 63.1 Å². The standard InChI is InChI=1S/C16H29N3O.2ClH/c1-18(2)13-7-9-19(10-8-13)16(20)15-11-12-5-3-4-6-14(12)17-15;;/h12-15,17H,3-11H2,1-2H3;2*1H. The first-order chi connectivity index (χ1) is 9.65. The summed E-state index contributed by atoms with van der Waals surface area (Å²) in [7, 11) is 4.29. The molecule has 130 valence electrons. The van der Waals surface area contributed by atoms with Crippen LogP contribution >= 0.6 is 24.8 Å². The molecule has 1 aliphatic carbocycles. The largest absolute Gasteiger partial charge is 0.341 e. The van der Waals surface area contributed by atoms with Crippen molar-refractivity contribution >= 4 is 30.7 Å². The van der Waals surface area contributed by atoms with E-state index in [-0.39, 0.29) is 30.9 Å². The highest BCUT2D eigenvalue weighted by atomic mass is 35.5. The minimum atomic E-state index is 0. The molecule has 4 nitrogen and oxygen atoms in total. The van der Waals surface area contributed by atoms with Crippen molar-refractivity contribution in [3.8, 4) is 0 Å². The molecule has 3 aliphatic rings. The molecular weight excluding hydrogens is 321 g/mol. The fourth-order valence-electron chi connectivity index (χ4n) is 4.33. The maximum absolute atomic E-state index is 12.7. The average Bonchev–Trinajstić information content (AvgIpc) is 2.90. The van der Waals surface area contributed by atoms with Crippen molar-refractivity contribution in [1.82, 2.24) is 15.1 Å². The van der Waals surface area contributed by atoms with Gasteiger partial charge in [-0.05, 0) is 52.1 Å². The number of amides is 1. The molecular formula is C16H31Cl2N3O. The zero-order valence-electron chi connectivity index (χ0n) is 13.8. The Hall–Kier alpha value is -0.0300. The van der Waals surface area contributed by atoms with Gasteiger partial charge in [0.25, 0.3) is 0 Å². The van der Waals surface area contributed by atoms with Crippen molar-refractivity contribution in [2.24, 2.45) is 5.92 Å². The van der Waals surface area contributed by atoms with Crippen molar-refractivity contribution in [2.75, 3.05) is 27.2 Å². The third kappa shape index (κ3) is 4.28. The molecule has 6 heteroatoms. The van der Waals surface area contributed by atoms with E-state index in [1.807, 2.05) is 0 Å². The first-order valence-corrected chi connectivity index (χ1v) is 8.36. The quantitative estimate of drug-likeness (QED) is 0.828. The third-order valence-electron chi connectivity index (χ3n) is 5.67. The maximum atomic E-state index is 12.7. The predicted molar refractivity (Wildman–Crippen MR) is 95.1 cm³/mol. The molecule has 3 unspecified atom stereocenters. The van der Waals surface area contributed by atoms with Crippen LogP contribution in [-0.2, 0) is 4.79 Å². The number of carbonyl (C=O) groups excluding carboxylic acids is 1. The van der Waals surface area contributed by atoms with Gasteiger partial charge in [-0.15, -0.1) is 24.8 Å². The molecule has 0 aromatic heterocycles. The number of hydrogen-bond donors (Lipinski definition) is 1. The van der Waals surface area contributed by atoms with E-state index < -0.39 is 0 Å². The van der Waals surface area contributed by atoms with Gasteiger partial charge >= 0.3 is 0 Å². The number of nitrogens with zero attached hydrogens (tertiary/aromatic N) is 2. The molecule has 0 aromatic rings. The van der Waals surface area contributed by atoms with Gasteiger partial charge in [0.05, 0.1) is 6.04 Å². The van der Waals surface area contributed by atoms with E-state index in [1.165, 1.54) is 25.7 Å². The van der Waals surface area contributed by atoms with E-state index in [9.17, 15) is 4.79 Å². The topological polar surface area (TPSA) is 35.6 Å².